The molecule has 0 bridgehead atoms. The lowest BCUT2D eigenvalue weighted by Gasteiger charge is -2.16. The van der Waals surface area contributed by atoms with E-state index in [4.69, 9.17) is 0 Å². The first-order chi connectivity index (χ1) is 7.56. The molecule has 0 aromatic carbocycles. The average Bonchev–Trinajstić information content (AvgIpc) is 2.16. The van der Waals surface area contributed by atoms with E-state index in [9.17, 15) is 0 Å². The van der Waals surface area contributed by atoms with Gasteiger partial charge in [-0.15, -0.1) is 6.58 Å². The average molecular weight is 222 g/mol. The largest absolute Gasteiger partial charge is 0.100 e. The van der Waals surface area contributed by atoms with Crippen molar-refractivity contribution in [3.63, 3.8) is 0 Å². The Hall–Kier alpha value is -0.520. The second-order valence-electron chi connectivity index (χ2n) is 5.49. The zero-order valence-electron chi connectivity index (χ0n) is 11.8. The lowest BCUT2D eigenvalue weighted by atomic mass is 9.90. The van der Waals surface area contributed by atoms with Crippen LogP contribution < -0.4 is 0 Å². The van der Waals surface area contributed by atoms with Gasteiger partial charge in [0.15, 0.2) is 0 Å². The highest BCUT2D eigenvalue weighted by Crippen LogP contribution is 2.21. The summed E-state index contributed by atoms with van der Waals surface area (Å²) in [6, 6.07) is 0. The Morgan fingerprint density at radius 1 is 1.25 bits per heavy atom. The lowest BCUT2D eigenvalue weighted by Crippen LogP contribution is -2.03. The molecule has 0 heterocycles. The highest BCUT2D eigenvalue weighted by Gasteiger charge is 2.07. The molecule has 0 amide bonds. The summed E-state index contributed by atoms with van der Waals surface area (Å²) in [7, 11) is 0. The van der Waals surface area contributed by atoms with Gasteiger partial charge in [-0.05, 0) is 44.4 Å². The van der Waals surface area contributed by atoms with Crippen LogP contribution >= 0.6 is 0 Å². The van der Waals surface area contributed by atoms with Crippen molar-refractivity contribution in [1.29, 1.82) is 0 Å². The molecule has 0 aliphatic carbocycles. The normalized spacial score (nSPS) is 13.6. The lowest BCUT2D eigenvalue weighted by molar-refractivity contribution is 0.386. The summed E-state index contributed by atoms with van der Waals surface area (Å²) in [6.45, 7) is 13.0. The van der Waals surface area contributed by atoms with Crippen LogP contribution in [-0.4, -0.2) is 0 Å². The molecule has 0 aliphatic heterocycles. The number of hydrogen-bond donors (Lipinski definition) is 0. The number of allylic oxidation sites excluding steroid dienone is 3. The van der Waals surface area contributed by atoms with E-state index in [-0.39, 0.29) is 0 Å². The summed E-state index contributed by atoms with van der Waals surface area (Å²) in [5, 5.41) is 0. The second-order valence-corrected chi connectivity index (χ2v) is 5.49. The fourth-order valence-electron chi connectivity index (χ4n) is 2.14. The van der Waals surface area contributed by atoms with E-state index >= 15 is 0 Å². The summed E-state index contributed by atoms with van der Waals surface area (Å²) < 4.78 is 0. The van der Waals surface area contributed by atoms with E-state index in [1.807, 2.05) is 0 Å². The first kappa shape index (κ1) is 15.5. The highest BCUT2D eigenvalue weighted by molar-refractivity contribution is 4.93. The molecule has 0 N–H and O–H groups in total. The maximum absolute atomic E-state index is 3.92. The van der Waals surface area contributed by atoms with Crippen LogP contribution in [0.5, 0.6) is 0 Å². The third-order valence-corrected chi connectivity index (χ3v) is 2.88. The molecule has 1 unspecified atom stereocenters. The van der Waals surface area contributed by atoms with Crippen molar-refractivity contribution in [2.75, 3.05) is 0 Å². The summed E-state index contributed by atoms with van der Waals surface area (Å²) in [4.78, 5) is 0. The van der Waals surface area contributed by atoms with Gasteiger partial charge in [-0.1, -0.05) is 51.3 Å². The molecular formula is C16H30. The van der Waals surface area contributed by atoms with Gasteiger partial charge in [0, 0.05) is 0 Å². The van der Waals surface area contributed by atoms with Crippen molar-refractivity contribution < 1.29 is 0 Å². The topological polar surface area (TPSA) is 0 Å². The minimum atomic E-state index is 0.834. The third-order valence-electron chi connectivity index (χ3n) is 2.88. The van der Waals surface area contributed by atoms with Gasteiger partial charge in [-0.25, -0.2) is 0 Å². The molecule has 1 atom stereocenters. The fourth-order valence-corrected chi connectivity index (χ4v) is 2.14. The predicted octanol–water partition coefficient (Wildman–Crippen LogP) is 5.75. The van der Waals surface area contributed by atoms with Crippen molar-refractivity contribution in [1.82, 2.24) is 0 Å². The summed E-state index contributed by atoms with van der Waals surface area (Å²) in [6.07, 6.45) is 12.3. The monoisotopic (exact) mass is 222 g/mol. The van der Waals surface area contributed by atoms with E-state index in [2.05, 4.69) is 46.4 Å². The Kier molecular flexibility index (Phi) is 9.37. The molecule has 0 spiro atoms. The standard InChI is InChI=1S/C16H30/c1-6-10-16(13-15(4)5)12-9-7-8-11-14(2)3/h7,9,15-16H,2,6,8,10-13H2,1,3-5H3. The van der Waals surface area contributed by atoms with Gasteiger partial charge < -0.3 is 0 Å². The zero-order chi connectivity index (χ0) is 12.4. The summed E-state index contributed by atoms with van der Waals surface area (Å²) in [5.74, 6) is 1.73. The van der Waals surface area contributed by atoms with Crippen LogP contribution in [0.2, 0.25) is 0 Å². The van der Waals surface area contributed by atoms with Crippen LogP contribution in [0.15, 0.2) is 24.3 Å². The molecule has 94 valence electrons. The molecule has 0 nitrogen and oxygen atoms in total. The van der Waals surface area contributed by atoms with Crippen LogP contribution in [-0.2, 0) is 0 Å². The van der Waals surface area contributed by atoms with E-state index in [1.165, 1.54) is 31.3 Å². The fraction of sp³-hybridized carbons (Fsp3) is 0.750. The van der Waals surface area contributed by atoms with Crippen LogP contribution in [0.4, 0.5) is 0 Å². The predicted molar refractivity (Wildman–Crippen MR) is 75.7 cm³/mol. The Balaban J connectivity index is 3.77. The van der Waals surface area contributed by atoms with Crippen molar-refractivity contribution in [2.45, 2.75) is 66.2 Å². The van der Waals surface area contributed by atoms with Crippen LogP contribution in [0, 0.1) is 11.8 Å². The zero-order valence-corrected chi connectivity index (χ0v) is 11.8. The maximum atomic E-state index is 3.92. The smallest absolute Gasteiger partial charge is 0.0291 e. The molecule has 0 aliphatic rings. The Bertz CT molecular complexity index is 198. The third kappa shape index (κ3) is 10.0. The minimum Gasteiger partial charge on any atom is -0.100 e. The van der Waals surface area contributed by atoms with E-state index in [0.717, 1.165) is 24.7 Å². The Morgan fingerprint density at radius 3 is 2.44 bits per heavy atom. The Morgan fingerprint density at radius 2 is 1.94 bits per heavy atom. The van der Waals surface area contributed by atoms with Crippen LogP contribution in [0.1, 0.15) is 66.2 Å². The van der Waals surface area contributed by atoms with Gasteiger partial charge in [0.25, 0.3) is 0 Å². The maximum Gasteiger partial charge on any atom is -0.0291 e. The van der Waals surface area contributed by atoms with Crippen molar-refractivity contribution in [3.8, 4) is 0 Å². The first-order valence-corrected chi connectivity index (χ1v) is 6.85. The molecule has 0 radical (unpaired) electrons. The van der Waals surface area contributed by atoms with Gasteiger partial charge >= 0.3 is 0 Å². The SMILES string of the molecule is C=C(C)CCC=CCC(CCC)CC(C)C. The van der Waals surface area contributed by atoms with Gasteiger partial charge in [-0.2, -0.15) is 0 Å². The quantitative estimate of drug-likeness (QED) is 0.436. The van der Waals surface area contributed by atoms with Gasteiger partial charge in [-0.3, -0.25) is 0 Å². The molecule has 0 rings (SSSR count). The second kappa shape index (κ2) is 9.69. The van der Waals surface area contributed by atoms with E-state index in [1.54, 1.807) is 0 Å². The van der Waals surface area contributed by atoms with Crippen molar-refractivity contribution in [2.24, 2.45) is 11.8 Å². The van der Waals surface area contributed by atoms with Crippen molar-refractivity contribution >= 4 is 0 Å². The van der Waals surface area contributed by atoms with Gasteiger partial charge in [0.2, 0.25) is 0 Å². The van der Waals surface area contributed by atoms with E-state index < -0.39 is 0 Å². The summed E-state index contributed by atoms with van der Waals surface area (Å²) >= 11 is 0. The highest BCUT2D eigenvalue weighted by atomic mass is 14.1. The molecule has 0 heteroatoms. The molecule has 0 saturated carbocycles. The van der Waals surface area contributed by atoms with Gasteiger partial charge in [0.05, 0.1) is 0 Å². The van der Waals surface area contributed by atoms with Crippen molar-refractivity contribution in [3.05, 3.63) is 24.3 Å². The molecule has 0 saturated heterocycles. The van der Waals surface area contributed by atoms with Crippen LogP contribution in [0.3, 0.4) is 0 Å². The van der Waals surface area contributed by atoms with E-state index in [0.29, 0.717) is 0 Å². The molecule has 0 aromatic heterocycles. The Labute approximate surface area is 103 Å². The molecule has 16 heavy (non-hydrogen) atoms. The minimum absolute atomic E-state index is 0.834. The van der Waals surface area contributed by atoms with Crippen LogP contribution in [0.25, 0.3) is 0 Å². The first-order valence-electron chi connectivity index (χ1n) is 6.85. The summed E-state index contributed by atoms with van der Waals surface area (Å²) in [5.41, 5.74) is 1.29. The molecule has 0 fully saturated rings. The number of rotatable bonds is 9. The van der Waals surface area contributed by atoms with Gasteiger partial charge in [0.1, 0.15) is 0 Å². The molecule has 0 aromatic rings. The number of hydrogen-bond acceptors (Lipinski definition) is 0. The molecular weight excluding hydrogens is 192 g/mol.